The molecule has 2 rings (SSSR count). The average molecular weight is 284 g/mol. The van der Waals surface area contributed by atoms with Gasteiger partial charge in [-0.25, -0.2) is 17.5 Å². The van der Waals surface area contributed by atoms with Crippen LogP contribution < -0.4 is 10.5 Å². The summed E-state index contributed by atoms with van der Waals surface area (Å²) in [4.78, 5) is -0.0269. The van der Waals surface area contributed by atoms with Gasteiger partial charge in [0.15, 0.2) is 0 Å². The number of rotatable bonds is 5. The normalized spacial score (nSPS) is 11.7. The van der Waals surface area contributed by atoms with E-state index in [4.69, 9.17) is 10.2 Å². The first kappa shape index (κ1) is 13.7. The Bertz CT molecular complexity index is 654. The zero-order valence-corrected chi connectivity index (χ0v) is 10.8. The van der Waals surface area contributed by atoms with Gasteiger partial charge in [0, 0.05) is 12.1 Å². The van der Waals surface area contributed by atoms with Gasteiger partial charge in [0.1, 0.15) is 11.6 Å². The Balaban J connectivity index is 2.19. The quantitative estimate of drug-likeness (QED) is 0.868. The number of halogens is 1. The maximum absolute atomic E-state index is 13.3. The summed E-state index contributed by atoms with van der Waals surface area (Å²) in [7, 11) is -3.72. The molecular formula is C12H13FN2O3S. The summed E-state index contributed by atoms with van der Waals surface area (Å²) in [6, 6.07) is 6.81. The molecule has 0 amide bonds. The van der Waals surface area contributed by atoms with E-state index in [0.717, 1.165) is 6.07 Å². The zero-order chi connectivity index (χ0) is 13.9. The van der Waals surface area contributed by atoms with Gasteiger partial charge in [-0.3, -0.25) is 0 Å². The molecule has 0 aliphatic carbocycles. The first-order valence-electron chi connectivity index (χ1n) is 5.53. The summed E-state index contributed by atoms with van der Waals surface area (Å²) in [6.07, 6.45) is 1.45. The lowest BCUT2D eigenvalue weighted by atomic mass is 10.2. The van der Waals surface area contributed by atoms with E-state index in [1.54, 1.807) is 12.1 Å². The van der Waals surface area contributed by atoms with Crippen molar-refractivity contribution in [3.63, 3.8) is 0 Å². The van der Waals surface area contributed by atoms with Crippen molar-refractivity contribution in [2.24, 2.45) is 5.73 Å². The highest BCUT2D eigenvalue weighted by Gasteiger charge is 2.16. The number of sulfonamides is 1. The van der Waals surface area contributed by atoms with Gasteiger partial charge in [-0.2, -0.15) is 0 Å². The van der Waals surface area contributed by atoms with Gasteiger partial charge in [0.2, 0.25) is 10.0 Å². The van der Waals surface area contributed by atoms with E-state index in [2.05, 4.69) is 4.72 Å². The topological polar surface area (TPSA) is 85.3 Å². The highest BCUT2D eigenvalue weighted by Crippen LogP contribution is 2.15. The Labute approximate surface area is 110 Å². The van der Waals surface area contributed by atoms with Gasteiger partial charge in [-0.05, 0) is 30.3 Å². The third-order valence-electron chi connectivity index (χ3n) is 2.56. The number of hydrogen-bond donors (Lipinski definition) is 2. The average Bonchev–Trinajstić information content (AvgIpc) is 2.90. The van der Waals surface area contributed by atoms with Crippen molar-refractivity contribution < 1.29 is 17.2 Å². The molecule has 0 bridgehead atoms. The molecule has 0 atom stereocenters. The third kappa shape index (κ3) is 3.19. The molecule has 0 fully saturated rings. The summed E-state index contributed by atoms with van der Waals surface area (Å²) in [6.45, 7) is -0.0297. The zero-order valence-electron chi connectivity index (χ0n) is 9.97. The van der Waals surface area contributed by atoms with Crippen molar-refractivity contribution in [1.29, 1.82) is 0 Å². The van der Waals surface area contributed by atoms with E-state index in [1.165, 1.54) is 18.4 Å². The molecule has 0 spiro atoms. The van der Waals surface area contributed by atoms with Gasteiger partial charge < -0.3 is 10.2 Å². The first-order chi connectivity index (χ1) is 9.03. The van der Waals surface area contributed by atoms with E-state index < -0.39 is 15.8 Å². The molecule has 0 aliphatic rings. The summed E-state index contributed by atoms with van der Waals surface area (Å²) in [5.41, 5.74) is 5.50. The summed E-state index contributed by atoms with van der Waals surface area (Å²) < 4.78 is 44.6. The summed E-state index contributed by atoms with van der Waals surface area (Å²) in [5.74, 6) is -0.0304. The second-order valence-electron chi connectivity index (χ2n) is 3.86. The van der Waals surface area contributed by atoms with Crippen molar-refractivity contribution in [2.75, 3.05) is 0 Å². The number of nitrogens with two attached hydrogens (primary N) is 1. The van der Waals surface area contributed by atoms with Crippen LogP contribution in [0.5, 0.6) is 0 Å². The van der Waals surface area contributed by atoms with Gasteiger partial charge in [0.05, 0.1) is 17.7 Å². The minimum absolute atomic E-state index is 0.0269. The van der Waals surface area contributed by atoms with Crippen molar-refractivity contribution >= 4 is 10.0 Å². The van der Waals surface area contributed by atoms with E-state index in [0.29, 0.717) is 5.76 Å². The lowest BCUT2D eigenvalue weighted by Gasteiger charge is -2.07. The van der Waals surface area contributed by atoms with Crippen LogP contribution in [0.2, 0.25) is 0 Å². The van der Waals surface area contributed by atoms with Crippen LogP contribution in [-0.4, -0.2) is 8.42 Å². The van der Waals surface area contributed by atoms with E-state index in [1.807, 2.05) is 0 Å². The monoisotopic (exact) mass is 284 g/mol. The molecule has 1 aromatic carbocycles. The fraction of sp³-hybridized carbons (Fsp3) is 0.167. The Kier molecular flexibility index (Phi) is 3.98. The van der Waals surface area contributed by atoms with Crippen molar-refractivity contribution in [3.8, 4) is 0 Å². The number of furan rings is 1. The van der Waals surface area contributed by atoms with Gasteiger partial charge in [-0.15, -0.1) is 0 Å². The van der Waals surface area contributed by atoms with Crippen LogP contribution in [0.1, 0.15) is 11.3 Å². The predicted molar refractivity (Wildman–Crippen MR) is 67.0 cm³/mol. The van der Waals surface area contributed by atoms with Crippen molar-refractivity contribution in [2.45, 2.75) is 18.0 Å². The molecule has 0 radical (unpaired) electrons. The van der Waals surface area contributed by atoms with Gasteiger partial charge in [0.25, 0.3) is 0 Å². The van der Waals surface area contributed by atoms with Crippen LogP contribution in [-0.2, 0) is 23.1 Å². The Hall–Kier alpha value is -1.70. The first-order valence-corrected chi connectivity index (χ1v) is 7.02. The molecule has 2 aromatic rings. The minimum Gasteiger partial charge on any atom is -0.468 e. The van der Waals surface area contributed by atoms with Crippen LogP contribution in [0.15, 0.2) is 45.9 Å². The Morgan fingerprint density at radius 2 is 2.11 bits per heavy atom. The predicted octanol–water partition coefficient (Wildman–Crippen LogP) is 1.36. The van der Waals surface area contributed by atoms with E-state index in [9.17, 15) is 12.8 Å². The Morgan fingerprint density at radius 3 is 2.74 bits per heavy atom. The highest BCUT2D eigenvalue weighted by atomic mass is 32.2. The van der Waals surface area contributed by atoms with E-state index in [-0.39, 0.29) is 23.5 Å². The van der Waals surface area contributed by atoms with Crippen LogP contribution >= 0.6 is 0 Å². The summed E-state index contributed by atoms with van der Waals surface area (Å²) in [5, 5.41) is 0. The number of benzene rings is 1. The molecule has 3 N–H and O–H groups in total. The maximum Gasteiger partial charge on any atom is 0.240 e. The molecule has 0 unspecified atom stereocenters. The van der Waals surface area contributed by atoms with E-state index >= 15 is 0 Å². The second kappa shape index (κ2) is 5.52. The van der Waals surface area contributed by atoms with Crippen LogP contribution in [0.3, 0.4) is 0 Å². The number of nitrogens with one attached hydrogen (secondary N) is 1. The van der Waals surface area contributed by atoms with Crippen molar-refractivity contribution in [1.82, 2.24) is 4.72 Å². The summed E-state index contributed by atoms with van der Waals surface area (Å²) >= 11 is 0. The van der Waals surface area contributed by atoms with Crippen LogP contribution in [0.4, 0.5) is 4.39 Å². The second-order valence-corrected chi connectivity index (χ2v) is 5.63. The molecule has 7 heteroatoms. The maximum atomic E-state index is 13.3. The lowest BCUT2D eigenvalue weighted by molar-refractivity contribution is 0.498. The molecular weight excluding hydrogens is 271 g/mol. The SMILES string of the molecule is NCc1cc(S(=O)(=O)NCc2ccco2)ccc1F. The van der Waals surface area contributed by atoms with Crippen LogP contribution in [0.25, 0.3) is 0 Å². The van der Waals surface area contributed by atoms with Gasteiger partial charge in [-0.1, -0.05) is 0 Å². The van der Waals surface area contributed by atoms with Crippen molar-refractivity contribution in [3.05, 3.63) is 53.7 Å². The smallest absolute Gasteiger partial charge is 0.240 e. The fourth-order valence-corrected chi connectivity index (χ4v) is 2.58. The minimum atomic E-state index is -3.72. The van der Waals surface area contributed by atoms with Crippen LogP contribution in [0, 0.1) is 5.82 Å². The Morgan fingerprint density at radius 1 is 1.32 bits per heavy atom. The number of hydrogen-bond acceptors (Lipinski definition) is 4. The molecule has 1 heterocycles. The molecule has 5 nitrogen and oxygen atoms in total. The molecule has 19 heavy (non-hydrogen) atoms. The largest absolute Gasteiger partial charge is 0.468 e. The lowest BCUT2D eigenvalue weighted by Crippen LogP contribution is -2.23. The van der Waals surface area contributed by atoms with Gasteiger partial charge >= 0.3 is 0 Å². The molecule has 0 saturated heterocycles. The third-order valence-corrected chi connectivity index (χ3v) is 3.96. The standard InChI is InChI=1S/C12H13FN2O3S/c13-12-4-3-11(6-9(12)7-14)19(16,17)15-8-10-2-1-5-18-10/h1-6,15H,7-8,14H2. The molecule has 102 valence electrons. The fourth-order valence-electron chi connectivity index (χ4n) is 1.54. The molecule has 0 aliphatic heterocycles. The molecule has 1 aromatic heterocycles. The highest BCUT2D eigenvalue weighted by molar-refractivity contribution is 7.89. The molecule has 0 saturated carbocycles.